The lowest BCUT2D eigenvalue weighted by molar-refractivity contribution is 0.601. The van der Waals surface area contributed by atoms with Crippen LogP contribution in [0.3, 0.4) is 0 Å². The Morgan fingerprint density at radius 2 is 1.80 bits per heavy atom. The predicted octanol–water partition coefficient (Wildman–Crippen LogP) is 2.60. The van der Waals surface area contributed by atoms with Gasteiger partial charge in [-0.05, 0) is 30.3 Å². The van der Waals surface area contributed by atoms with Gasteiger partial charge in [-0.2, -0.15) is 0 Å². The highest BCUT2D eigenvalue weighted by molar-refractivity contribution is 7.92. The lowest BCUT2D eigenvalue weighted by atomic mass is 10.4. The first-order chi connectivity index (χ1) is 9.38. The van der Waals surface area contributed by atoms with Gasteiger partial charge in [0.05, 0.1) is 10.6 Å². The molecule has 0 radical (unpaired) electrons. The molecule has 0 unspecified atom stereocenters. The van der Waals surface area contributed by atoms with Crippen LogP contribution in [0, 0.1) is 0 Å². The van der Waals surface area contributed by atoms with Crippen molar-refractivity contribution in [3.63, 3.8) is 0 Å². The molecule has 0 fully saturated rings. The minimum atomic E-state index is -3.63. The molecule has 1 aromatic carbocycles. The van der Waals surface area contributed by atoms with Gasteiger partial charge in [-0.25, -0.2) is 13.4 Å². The van der Waals surface area contributed by atoms with Gasteiger partial charge in [0.2, 0.25) is 0 Å². The van der Waals surface area contributed by atoms with Crippen LogP contribution in [0.4, 0.5) is 11.5 Å². The topological polar surface area (TPSA) is 62.3 Å². The first-order valence-corrected chi connectivity index (χ1v) is 7.66. The third-order valence-electron chi connectivity index (χ3n) is 2.58. The number of benzene rings is 1. The van der Waals surface area contributed by atoms with Gasteiger partial charge < -0.3 is 4.90 Å². The molecule has 0 saturated carbocycles. The van der Waals surface area contributed by atoms with Crippen molar-refractivity contribution in [2.75, 3.05) is 23.7 Å². The van der Waals surface area contributed by atoms with E-state index in [0.29, 0.717) is 16.5 Å². The van der Waals surface area contributed by atoms with Crippen molar-refractivity contribution in [3.8, 4) is 0 Å². The van der Waals surface area contributed by atoms with Crippen LogP contribution in [0.1, 0.15) is 0 Å². The normalized spacial score (nSPS) is 11.2. The summed E-state index contributed by atoms with van der Waals surface area (Å²) in [6.45, 7) is 0. The number of nitrogens with zero attached hydrogens (tertiary/aromatic N) is 2. The molecule has 0 aliphatic carbocycles. The van der Waals surface area contributed by atoms with Crippen LogP contribution in [0.15, 0.2) is 47.5 Å². The molecule has 2 aromatic rings. The molecule has 0 saturated heterocycles. The van der Waals surface area contributed by atoms with Gasteiger partial charge in [-0.1, -0.05) is 11.6 Å². The van der Waals surface area contributed by atoms with E-state index in [1.807, 2.05) is 14.1 Å². The van der Waals surface area contributed by atoms with Crippen molar-refractivity contribution in [2.45, 2.75) is 4.90 Å². The van der Waals surface area contributed by atoms with Gasteiger partial charge in [0.1, 0.15) is 5.82 Å². The van der Waals surface area contributed by atoms with E-state index in [1.165, 1.54) is 24.3 Å². The largest absolute Gasteiger partial charge is 0.363 e. The standard InChI is InChI=1S/C13H14ClN3O2S/c1-17(2)13-9-11(7-8-15-13)16-20(18,19)12-5-3-10(14)4-6-12/h3-9H,1-2H3,(H,15,16). The molecule has 0 aliphatic heterocycles. The average Bonchev–Trinajstić information content (AvgIpc) is 2.39. The van der Waals surface area contributed by atoms with Gasteiger partial charge in [0.25, 0.3) is 10.0 Å². The lowest BCUT2D eigenvalue weighted by Crippen LogP contribution is -2.14. The summed E-state index contributed by atoms with van der Waals surface area (Å²) in [5, 5.41) is 0.489. The van der Waals surface area contributed by atoms with E-state index < -0.39 is 10.0 Å². The first kappa shape index (κ1) is 14.6. The summed E-state index contributed by atoms with van der Waals surface area (Å²) in [5.74, 6) is 0.668. The van der Waals surface area contributed by atoms with E-state index in [4.69, 9.17) is 11.6 Å². The summed E-state index contributed by atoms with van der Waals surface area (Å²) >= 11 is 5.75. The summed E-state index contributed by atoms with van der Waals surface area (Å²) < 4.78 is 26.9. The van der Waals surface area contributed by atoms with Crippen LogP contribution in [0.25, 0.3) is 0 Å². The Hall–Kier alpha value is -1.79. The monoisotopic (exact) mass is 311 g/mol. The number of nitrogens with one attached hydrogen (secondary N) is 1. The molecule has 0 aliphatic rings. The molecule has 0 atom stereocenters. The van der Waals surface area contributed by atoms with Crippen molar-refractivity contribution in [2.24, 2.45) is 0 Å². The molecule has 2 rings (SSSR count). The molecule has 7 heteroatoms. The Balaban J connectivity index is 2.28. The number of pyridine rings is 1. The molecule has 1 heterocycles. The molecular formula is C13H14ClN3O2S. The maximum Gasteiger partial charge on any atom is 0.261 e. The van der Waals surface area contributed by atoms with Crippen molar-refractivity contribution in [1.29, 1.82) is 0 Å². The number of rotatable bonds is 4. The molecule has 20 heavy (non-hydrogen) atoms. The number of halogens is 1. The maximum absolute atomic E-state index is 12.2. The number of hydrogen-bond donors (Lipinski definition) is 1. The van der Waals surface area contributed by atoms with Gasteiger partial charge in [0, 0.05) is 31.4 Å². The smallest absolute Gasteiger partial charge is 0.261 e. The molecule has 106 valence electrons. The van der Waals surface area contributed by atoms with E-state index in [9.17, 15) is 8.42 Å². The Kier molecular flexibility index (Phi) is 4.15. The summed E-state index contributed by atoms with van der Waals surface area (Å²) in [7, 11) is 0.0388. The third-order valence-corrected chi connectivity index (χ3v) is 4.23. The molecule has 0 bridgehead atoms. The fraction of sp³-hybridized carbons (Fsp3) is 0.154. The minimum Gasteiger partial charge on any atom is -0.363 e. The van der Waals surface area contributed by atoms with Crippen LogP contribution >= 0.6 is 11.6 Å². The number of hydrogen-bond acceptors (Lipinski definition) is 4. The molecule has 0 amide bonds. The third kappa shape index (κ3) is 3.40. The molecule has 1 aromatic heterocycles. The highest BCUT2D eigenvalue weighted by Crippen LogP contribution is 2.20. The Morgan fingerprint density at radius 1 is 1.15 bits per heavy atom. The lowest BCUT2D eigenvalue weighted by Gasteiger charge is -2.13. The molecule has 5 nitrogen and oxygen atoms in total. The second kappa shape index (κ2) is 5.68. The molecular weight excluding hydrogens is 298 g/mol. The second-order valence-electron chi connectivity index (χ2n) is 4.36. The Labute approximate surface area is 123 Å². The maximum atomic E-state index is 12.2. The minimum absolute atomic E-state index is 0.158. The number of aromatic nitrogens is 1. The highest BCUT2D eigenvalue weighted by atomic mass is 35.5. The van der Waals surface area contributed by atoms with Crippen molar-refractivity contribution in [3.05, 3.63) is 47.6 Å². The van der Waals surface area contributed by atoms with Crippen LogP contribution in [-0.4, -0.2) is 27.5 Å². The van der Waals surface area contributed by atoms with E-state index in [2.05, 4.69) is 9.71 Å². The highest BCUT2D eigenvalue weighted by Gasteiger charge is 2.14. The quantitative estimate of drug-likeness (QED) is 0.942. The first-order valence-electron chi connectivity index (χ1n) is 5.80. The summed E-state index contributed by atoms with van der Waals surface area (Å²) in [6, 6.07) is 9.24. The van der Waals surface area contributed by atoms with E-state index in [1.54, 1.807) is 23.2 Å². The summed E-state index contributed by atoms with van der Waals surface area (Å²) in [5.41, 5.74) is 0.457. The van der Waals surface area contributed by atoms with Crippen LogP contribution in [0.2, 0.25) is 5.02 Å². The zero-order valence-electron chi connectivity index (χ0n) is 11.0. The van der Waals surface area contributed by atoms with E-state index in [-0.39, 0.29) is 4.90 Å². The fourth-order valence-electron chi connectivity index (χ4n) is 1.55. The summed E-state index contributed by atoms with van der Waals surface area (Å²) in [6.07, 6.45) is 1.55. The van der Waals surface area contributed by atoms with Crippen molar-refractivity contribution < 1.29 is 8.42 Å². The SMILES string of the molecule is CN(C)c1cc(NS(=O)(=O)c2ccc(Cl)cc2)ccn1. The van der Waals surface area contributed by atoms with Crippen molar-refractivity contribution >= 4 is 33.1 Å². The van der Waals surface area contributed by atoms with Gasteiger partial charge in [-0.3, -0.25) is 4.72 Å². The van der Waals surface area contributed by atoms with Gasteiger partial charge in [0.15, 0.2) is 0 Å². The van der Waals surface area contributed by atoms with Crippen LogP contribution in [0.5, 0.6) is 0 Å². The van der Waals surface area contributed by atoms with Crippen molar-refractivity contribution in [1.82, 2.24) is 4.98 Å². The fourth-order valence-corrected chi connectivity index (χ4v) is 2.73. The van der Waals surface area contributed by atoms with E-state index in [0.717, 1.165) is 0 Å². The second-order valence-corrected chi connectivity index (χ2v) is 6.48. The predicted molar refractivity (Wildman–Crippen MR) is 80.8 cm³/mol. The van der Waals surface area contributed by atoms with Gasteiger partial charge >= 0.3 is 0 Å². The molecule has 0 spiro atoms. The Bertz CT molecular complexity index is 700. The van der Waals surface area contributed by atoms with Crippen LogP contribution in [-0.2, 0) is 10.0 Å². The molecule has 1 N–H and O–H groups in total. The van der Waals surface area contributed by atoms with Gasteiger partial charge in [-0.15, -0.1) is 0 Å². The number of anilines is 2. The van der Waals surface area contributed by atoms with Crippen LogP contribution < -0.4 is 9.62 Å². The number of sulfonamides is 1. The van der Waals surface area contributed by atoms with E-state index >= 15 is 0 Å². The average molecular weight is 312 g/mol. The zero-order valence-corrected chi connectivity index (χ0v) is 12.6. The zero-order chi connectivity index (χ0) is 14.8. The summed E-state index contributed by atoms with van der Waals surface area (Å²) in [4.78, 5) is 6.08. The Morgan fingerprint density at radius 3 is 2.40 bits per heavy atom.